The highest BCUT2D eigenvalue weighted by molar-refractivity contribution is 6.45. The molecule has 1 aromatic heterocycles. The fourth-order valence-corrected chi connectivity index (χ4v) is 4.69. The Hall–Kier alpha value is -2.15. The predicted molar refractivity (Wildman–Crippen MR) is 121 cm³/mol. The second-order valence-electron chi connectivity index (χ2n) is 7.77. The van der Waals surface area contributed by atoms with Crippen LogP contribution in [-0.4, -0.2) is 77.6 Å². The van der Waals surface area contributed by atoms with Crippen molar-refractivity contribution in [3.63, 3.8) is 0 Å². The van der Waals surface area contributed by atoms with Crippen LogP contribution in [0.25, 0.3) is 10.9 Å². The molecular weight excluding hydrogens is 423 g/mol. The minimum Gasteiger partial charge on any atom is -0.494 e. The zero-order valence-corrected chi connectivity index (χ0v) is 18.6. The SMILES string of the molecule is C=CC(=O)N1CC(N2CCN(C(=C)Cn3ccc4c(Cl)c(Cl)cc(OC)c43)CC2)C1. The van der Waals surface area contributed by atoms with Gasteiger partial charge >= 0.3 is 0 Å². The highest BCUT2D eigenvalue weighted by Crippen LogP contribution is 2.38. The van der Waals surface area contributed by atoms with E-state index >= 15 is 0 Å². The first-order chi connectivity index (χ1) is 14.4. The molecule has 1 aromatic carbocycles. The van der Waals surface area contributed by atoms with Gasteiger partial charge in [0.05, 0.1) is 29.2 Å². The molecule has 0 unspecified atom stereocenters. The Kier molecular flexibility index (Phi) is 6.00. The first-order valence-electron chi connectivity index (χ1n) is 10.0. The topological polar surface area (TPSA) is 41.0 Å². The Bertz CT molecular complexity index is 989. The Balaban J connectivity index is 1.37. The van der Waals surface area contributed by atoms with Gasteiger partial charge in [-0.3, -0.25) is 9.69 Å². The average Bonchev–Trinajstić information content (AvgIpc) is 3.13. The maximum atomic E-state index is 11.6. The molecule has 2 aliphatic heterocycles. The highest BCUT2D eigenvalue weighted by atomic mass is 35.5. The highest BCUT2D eigenvalue weighted by Gasteiger charge is 2.35. The first kappa shape index (κ1) is 21.1. The normalized spacial score (nSPS) is 17.8. The minimum absolute atomic E-state index is 0.0223. The van der Waals surface area contributed by atoms with E-state index in [-0.39, 0.29) is 5.91 Å². The van der Waals surface area contributed by atoms with Crippen LogP contribution in [0.3, 0.4) is 0 Å². The van der Waals surface area contributed by atoms with Crippen molar-refractivity contribution in [1.29, 1.82) is 0 Å². The molecule has 0 aliphatic carbocycles. The third-order valence-corrected chi connectivity index (χ3v) is 6.90. The standard InChI is InChI=1S/C22H26Cl2N4O2/c1-4-20(29)28-13-16(14-28)26-9-7-25(8-10-26)15(2)12-27-6-5-17-21(24)18(23)11-19(30-3)22(17)27/h4-6,11,16H,1-2,7-10,12-14H2,3H3. The molecule has 2 saturated heterocycles. The maximum Gasteiger partial charge on any atom is 0.246 e. The number of rotatable bonds is 6. The summed E-state index contributed by atoms with van der Waals surface area (Å²) in [6.45, 7) is 13.9. The molecule has 0 N–H and O–H groups in total. The molecule has 6 nitrogen and oxygen atoms in total. The Labute approximate surface area is 186 Å². The van der Waals surface area contributed by atoms with Crippen LogP contribution in [0.4, 0.5) is 0 Å². The zero-order chi connectivity index (χ0) is 21.4. The van der Waals surface area contributed by atoms with E-state index in [1.165, 1.54) is 6.08 Å². The molecule has 1 amide bonds. The Morgan fingerprint density at radius 2 is 1.93 bits per heavy atom. The molecular formula is C22H26Cl2N4O2. The second kappa shape index (κ2) is 8.53. The van der Waals surface area contributed by atoms with E-state index in [2.05, 4.69) is 27.5 Å². The lowest BCUT2D eigenvalue weighted by molar-refractivity contribution is -0.133. The summed E-state index contributed by atoms with van der Waals surface area (Å²) in [6, 6.07) is 4.17. The van der Waals surface area contributed by atoms with Crippen molar-refractivity contribution < 1.29 is 9.53 Å². The van der Waals surface area contributed by atoms with Gasteiger partial charge in [0.2, 0.25) is 5.91 Å². The van der Waals surface area contributed by atoms with E-state index in [0.29, 0.717) is 28.4 Å². The fourth-order valence-electron chi connectivity index (χ4n) is 4.28. The number of likely N-dealkylation sites (tertiary alicyclic amines) is 1. The quantitative estimate of drug-likeness (QED) is 0.634. The van der Waals surface area contributed by atoms with Crippen molar-refractivity contribution >= 4 is 40.0 Å². The van der Waals surface area contributed by atoms with Crippen molar-refractivity contribution in [2.24, 2.45) is 0 Å². The van der Waals surface area contributed by atoms with Crippen molar-refractivity contribution in [1.82, 2.24) is 19.3 Å². The zero-order valence-electron chi connectivity index (χ0n) is 17.1. The van der Waals surface area contributed by atoms with Crippen LogP contribution >= 0.6 is 23.2 Å². The number of fused-ring (bicyclic) bond motifs is 1. The number of piperazine rings is 1. The van der Waals surface area contributed by atoms with Gasteiger partial charge in [-0.15, -0.1) is 0 Å². The number of allylic oxidation sites excluding steroid dienone is 1. The van der Waals surface area contributed by atoms with Crippen molar-refractivity contribution in [2.75, 3.05) is 46.4 Å². The number of carbonyl (C=O) groups excluding carboxylic acids is 1. The summed E-state index contributed by atoms with van der Waals surface area (Å²) in [6.07, 6.45) is 3.38. The van der Waals surface area contributed by atoms with Crippen LogP contribution in [0.5, 0.6) is 5.75 Å². The van der Waals surface area contributed by atoms with Gasteiger partial charge in [0, 0.05) is 68.7 Å². The molecule has 2 aliphatic rings. The van der Waals surface area contributed by atoms with Crippen molar-refractivity contribution in [3.05, 3.63) is 53.3 Å². The Morgan fingerprint density at radius 3 is 2.57 bits per heavy atom. The third-order valence-electron chi connectivity index (χ3n) is 6.10. The van der Waals surface area contributed by atoms with E-state index < -0.39 is 0 Å². The van der Waals surface area contributed by atoms with Gasteiger partial charge in [0.1, 0.15) is 5.75 Å². The summed E-state index contributed by atoms with van der Waals surface area (Å²) in [5, 5.41) is 1.90. The molecule has 8 heteroatoms. The lowest BCUT2D eigenvalue weighted by Crippen LogP contribution is -2.63. The maximum absolute atomic E-state index is 11.6. The molecule has 0 saturated carbocycles. The Morgan fingerprint density at radius 1 is 1.23 bits per heavy atom. The molecule has 0 bridgehead atoms. The van der Waals surface area contributed by atoms with Gasteiger partial charge in [0.15, 0.2) is 0 Å². The van der Waals surface area contributed by atoms with Gasteiger partial charge in [-0.05, 0) is 12.1 Å². The number of amides is 1. The monoisotopic (exact) mass is 448 g/mol. The molecule has 4 rings (SSSR count). The average molecular weight is 449 g/mol. The molecule has 2 aromatic rings. The number of benzene rings is 1. The number of methoxy groups -OCH3 is 1. The molecule has 0 atom stereocenters. The minimum atomic E-state index is 0.0223. The number of aromatic nitrogens is 1. The number of hydrogen-bond donors (Lipinski definition) is 0. The van der Waals surface area contributed by atoms with Crippen LogP contribution in [-0.2, 0) is 11.3 Å². The molecule has 2 fully saturated rings. The lowest BCUT2D eigenvalue weighted by Gasteiger charge is -2.48. The van der Waals surface area contributed by atoms with Crippen molar-refractivity contribution in [2.45, 2.75) is 12.6 Å². The summed E-state index contributed by atoms with van der Waals surface area (Å²) in [5.41, 5.74) is 1.98. The van der Waals surface area contributed by atoms with Crippen LogP contribution in [0.15, 0.2) is 43.3 Å². The summed E-state index contributed by atoms with van der Waals surface area (Å²) in [4.78, 5) is 18.3. The van der Waals surface area contributed by atoms with Gasteiger partial charge < -0.3 is 19.1 Å². The molecule has 0 spiro atoms. The van der Waals surface area contributed by atoms with E-state index in [4.69, 9.17) is 27.9 Å². The molecule has 160 valence electrons. The van der Waals surface area contributed by atoms with E-state index in [9.17, 15) is 4.79 Å². The predicted octanol–water partition coefficient (Wildman–Crippen LogP) is 3.48. The summed E-state index contributed by atoms with van der Waals surface area (Å²) in [5.74, 6) is 0.722. The molecule has 0 radical (unpaired) electrons. The number of ether oxygens (including phenoxy) is 1. The number of nitrogens with zero attached hydrogens (tertiary/aromatic N) is 4. The van der Waals surface area contributed by atoms with Gasteiger partial charge in [0.25, 0.3) is 0 Å². The largest absolute Gasteiger partial charge is 0.494 e. The lowest BCUT2D eigenvalue weighted by atomic mass is 10.1. The number of hydrogen-bond acceptors (Lipinski definition) is 4. The molecule has 3 heterocycles. The molecule has 30 heavy (non-hydrogen) atoms. The van der Waals surface area contributed by atoms with Crippen LogP contribution in [0.2, 0.25) is 10.0 Å². The van der Waals surface area contributed by atoms with Crippen LogP contribution in [0, 0.1) is 0 Å². The van der Waals surface area contributed by atoms with Crippen molar-refractivity contribution in [3.8, 4) is 5.75 Å². The number of carbonyl (C=O) groups is 1. The van der Waals surface area contributed by atoms with Gasteiger partial charge in [-0.2, -0.15) is 0 Å². The van der Waals surface area contributed by atoms with Crippen LogP contribution in [0.1, 0.15) is 0 Å². The fraction of sp³-hybridized carbons (Fsp3) is 0.409. The second-order valence-corrected chi connectivity index (χ2v) is 8.56. The number of halogens is 2. The van der Waals surface area contributed by atoms with Gasteiger partial charge in [-0.1, -0.05) is 36.4 Å². The summed E-state index contributed by atoms with van der Waals surface area (Å²) in [7, 11) is 1.63. The third kappa shape index (κ3) is 3.80. The smallest absolute Gasteiger partial charge is 0.246 e. The van der Waals surface area contributed by atoms with E-state index in [0.717, 1.165) is 55.9 Å². The van der Waals surface area contributed by atoms with E-state index in [1.807, 2.05) is 17.2 Å². The summed E-state index contributed by atoms with van der Waals surface area (Å²) < 4.78 is 7.64. The van der Waals surface area contributed by atoms with E-state index in [1.54, 1.807) is 13.2 Å². The first-order valence-corrected chi connectivity index (χ1v) is 10.8. The summed E-state index contributed by atoms with van der Waals surface area (Å²) >= 11 is 12.6. The van der Waals surface area contributed by atoms with Gasteiger partial charge in [-0.25, -0.2) is 0 Å². The van der Waals surface area contributed by atoms with Crippen LogP contribution < -0.4 is 4.74 Å².